The van der Waals surface area contributed by atoms with Crippen molar-refractivity contribution < 1.29 is 9.47 Å². The van der Waals surface area contributed by atoms with Gasteiger partial charge >= 0.3 is 0 Å². The highest BCUT2D eigenvalue weighted by molar-refractivity contribution is 4.92. The van der Waals surface area contributed by atoms with Gasteiger partial charge in [-0.1, -0.05) is 117 Å². The van der Waals surface area contributed by atoms with Crippen molar-refractivity contribution >= 4 is 0 Å². The van der Waals surface area contributed by atoms with E-state index in [-0.39, 0.29) is 5.66 Å². The van der Waals surface area contributed by atoms with Gasteiger partial charge in [-0.05, 0) is 46.2 Å². The van der Waals surface area contributed by atoms with Gasteiger partial charge in [-0.25, -0.2) is 0 Å². The maximum Gasteiger partial charge on any atom is 0.0841 e. The lowest BCUT2D eigenvalue weighted by molar-refractivity contribution is -0.0511. The van der Waals surface area contributed by atoms with Crippen molar-refractivity contribution in [2.45, 2.75) is 174 Å². The Morgan fingerprint density at radius 2 is 1.12 bits per heavy atom. The van der Waals surface area contributed by atoms with Gasteiger partial charge in [-0.15, -0.1) is 0 Å². The summed E-state index contributed by atoms with van der Waals surface area (Å²) in [4.78, 5) is 4.97. The molecule has 0 aliphatic carbocycles. The van der Waals surface area contributed by atoms with Crippen LogP contribution in [0.3, 0.4) is 0 Å². The molecule has 0 aromatic heterocycles. The maximum absolute atomic E-state index is 7.13. The molecule has 3 atom stereocenters. The Kier molecular flexibility index (Phi) is 24.8. The van der Waals surface area contributed by atoms with Gasteiger partial charge in [0.1, 0.15) is 0 Å². The van der Waals surface area contributed by atoms with Crippen LogP contribution < -0.4 is 11.5 Å². The summed E-state index contributed by atoms with van der Waals surface area (Å²) >= 11 is 0. The van der Waals surface area contributed by atoms with Crippen LogP contribution in [0.2, 0.25) is 0 Å². The van der Waals surface area contributed by atoms with Crippen molar-refractivity contribution in [1.82, 2.24) is 9.80 Å². The van der Waals surface area contributed by atoms with Crippen molar-refractivity contribution in [3.63, 3.8) is 0 Å². The van der Waals surface area contributed by atoms with E-state index in [1.807, 2.05) is 0 Å². The van der Waals surface area contributed by atoms with E-state index in [4.69, 9.17) is 20.9 Å². The van der Waals surface area contributed by atoms with Gasteiger partial charge in [0.2, 0.25) is 0 Å². The monoisotopic (exact) mass is 583 g/mol. The molecule has 0 bridgehead atoms. The van der Waals surface area contributed by atoms with E-state index in [0.29, 0.717) is 12.2 Å². The summed E-state index contributed by atoms with van der Waals surface area (Å²) in [6, 6.07) is 0. The standard InChI is InChI=1S/C35H74N4O2/c1-5-7-9-11-13-15-17-19-22-33(3)40-30-24-35(37)32-38(26-21-25-36)27-28-39(35)29-31-41-34(4)23-20-18-16-14-12-10-8-6-2/h33-34H,5-32,36-37H2,1-4H3. The Morgan fingerprint density at radius 3 is 1.63 bits per heavy atom. The molecule has 0 radical (unpaired) electrons. The molecule has 246 valence electrons. The average Bonchev–Trinajstić information content (AvgIpc) is 2.95. The average molecular weight is 583 g/mol. The number of nitrogens with zero attached hydrogens (tertiary/aromatic N) is 2. The second-order valence-electron chi connectivity index (χ2n) is 13.1. The molecule has 0 aromatic carbocycles. The van der Waals surface area contributed by atoms with Crippen molar-refractivity contribution in [2.24, 2.45) is 11.5 Å². The number of rotatable bonds is 29. The van der Waals surface area contributed by atoms with E-state index < -0.39 is 0 Å². The first-order valence-corrected chi connectivity index (χ1v) is 18.1. The SMILES string of the molecule is CCCCCCCCCCC(C)OCCN1CCN(CCCN)CC1(N)CCOC(C)CCCCCCCCCC. The number of nitrogens with two attached hydrogens (primary N) is 2. The van der Waals surface area contributed by atoms with E-state index in [9.17, 15) is 0 Å². The first-order chi connectivity index (χ1) is 19.9. The van der Waals surface area contributed by atoms with Crippen LogP contribution in [0.5, 0.6) is 0 Å². The Morgan fingerprint density at radius 1 is 0.634 bits per heavy atom. The summed E-state index contributed by atoms with van der Waals surface area (Å²) in [6.45, 7) is 16.1. The van der Waals surface area contributed by atoms with Crippen LogP contribution in [0.1, 0.15) is 156 Å². The zero-order chi connectivity index (χ0) is 30.0. The lowest BCUT2D eigenvalue weighted by atomic mass is 10.0. The normalized spacial score (nSPS) is 20.0. The van der Waals surface area contributed by atoms with Gasteiger partial charge in [-0.3, -0.25) is 9.80 Å². The second kappa shape index (κ2) is 26.2. The molecule has 0 spiro atoms. The van der Waals surface area contributed by atoms with E-state index in [0.717, 1.165) is 71.7 Å². The number of ether oxygens (including phenoxy) is 2. The molecule has 4 N–H and O–H groups in total. The summed E-state index contributed by atoms with van der Waals surface area (Å²) in [6.07, 6.45) is 26.7. The molecule has 41 heavy (non-hydrogen) atoms. The van der Waals surface area contributed by atoms with E-state index in [2.05, 4.69) is 37.5 Å². The highest BCUT2D eigenvalue weighted by Crippen LogP contribution is 2.22. The molecule has 1 rings (SSSR count). The largest absolute Gasteiger partial charge is 0.378 e. The quantitative estimate of drug-likeness (QED) is 0.0874. The van der Waals surface area contributed by atoms with Crippen molar-refractivity contribution in [3.8, 4) is 0 Å². The van der Waals surface area contributed by atoms with Crippen LogP contribution >= 0.6 is 0 Å². The van der Waals surface area contributed by atoms with E-state index in [1.165, 1.54) is 109 Å². The summed E-state index contributed by atoms with van der Waals surface area (Å²) < 4.78 is 12.6. The minimum atomic E-state index is -0.366. The van der Waals surface area contributed by atoms with Gasteiger partial charge < -0.3 is 20.9 Å². The number of hydrogen-bond donors (Lipinski definition) is 2. The third kappa shape index (κ3) is 20.4. The minimum absolute atomic E-state index is 0.310. The zero-order valence-corrected chi connectivity index (χ0v) is 28.3. The van der Waals surface area contributed by atoms with Gasteiger partial charge in [0, 0.05) is 32.6 Å². The summed E-state index contributed by atoms with van der Waals surface area (Å²) in [5.41, 5.74) is 12.6. The summed E-state index contributed by atoms with van der Waals surface area (Å²) in [5, 5.41) is 0. The first-order valence-electron chi connectivity index (χ1n) is 18.1. The lowest BCUT2D eigenvalue weighted by Gasteiger charge is -2.49. The molecule has 6 nitrogen and oxygen atoms in total. The smallest absolute Gasteiger partial charge is 0.0841 e. The van der Waals surface area contributed by atoms with Crippen LogP contribution in [-0.2, 0) is 9.47 Å². The first kappa shape index (κ1) is 38.8. The second-order valence-corrected chi connectivity index (χ2v) is 13.1. The predicted molar refractivity (Wildman–Crippen MR) is 179 cm³/mol. The Balaban J connectivity index is 2.33. The highest BCUT2D eigenvalue weighted by Gasteiger charge is 2.37. The minimum Gasteiger partial charge on any atom is -0.378 e. The molecule has 1 heterocycles. The molecule has 3 unspecified atom stereocenters. The van der Waals surface area contributed by atoms with Crippen LogP contribution in [-0.4, -0.2) is 80.2 Å². The molecule has 1 saturated heterocycles. The van der Waals surface area contributed by atoms with E-state index in [1.54, 1.807) is 0 Å². The number of unbranched alkanes of at least 4 members (excludes halogenated alkanes) is 14. The predicted octanol–water partition coefficient (Wildman–Crippen LogP) is 7.87. The molecule has 1 aliphatic heterocycles. The zero-order valence-electron chi connectivity index (χ0n) is 28.3. The fourth-order valence-corrected chi connectivity index (χ4v) is 6.23. The third-order valence-electron chi connectivity index (χ3n) is 9.12. The maximum atomic E-state index is 7.13. The molecular weight excluding hydrogens is 508 g/mol. The Hall–Kier alpha value is -0.240. The van der Waals surface area contributed by atoms with Crippen molar-refractivity contribution in [2.75, 3.05) is 52.5 Å². The van der Waals surface area contributed by atoms with Gasteiger partial charge in [0.05, 0.1) is 31.1 Å². The molecule has 0 aromatic rings. The van der Waals surface area contributed by atoms with Gasteiger partial charge in [-0.2, -0.15) is 0 Å². The van der Waals surface area contributed by atoms with Gasteiger partial charge in [0.15, 0.2) is 0 Å². The molecule has 0 amide bonds. The summed E-state index contributed by atoms with van der Waals surface area (Å²) in [5.74, 6) is 0. The van der Waals surface area contributed by atoms with Crippen LogP contribution in [0.25, 0.3) is 0 Å². The fraction of sp³-hybridized carbons (Fsp3) is 1.00. The van der Waals surface area contributed by atoms with Crippen LogP contribution in [0, 0.1) is 0 Å². The molecule has 6 heteroatoms. The lowest BCUT2D eigenvalue weighted by Crippen LogP contribution is -2.68. The van der Waals surface area contributed by atoms with Crippen molar-refractivity contribution in [3.05, 3.63) is 0 Å². The Bertz CT molecular complexity index is 566. The topological polar surface area (TPSA) is 77.0 Å². The summed E-state index contributed by atoms with van der Waals surface area (Å²) in [7, 11) is 0. The number of piperazine rings is 1. The Labute approximate surface area is 257 Å². The molecular formula is C35H74N4O2. The van der Waals surface area contributed by atoms with Crippen LogP contribution in [0.4, 0.5) is 0 Å². The molecule has 1 aliphatic rings. The molecule has 0 saturated carbocycles. The van der Waals surface area contributed by atoms with Gasteiger partial charge in [0.25, 0.3) is 0 Å². The van der Waals surface area contributed by atoms with E-state index >= 15 is 0 Å². The highest BCUT2D eigenvalue weighted by atomic mass is 16.5. The number of hydrogen-bond acceptors (Lipinski definition) is 6. The fourth-order valence-electron chi connectivity index (χ4n) is 6.23. The third-order valence-corrected chi connectivity index (χ3v) is 9.12. The van der Waals surface area contributed by atoms with Crippen molar-refractivity contribution in [1.29, 1.82) is 0 Å². The van der Waals surface area contributed by atoms with Crippen LogP contribution in [0.15, 0.2) is 0 Å². The molecule has 1 fully saturated rings.